The molecule has 0 N–H and O–H groups in total. The Morgan fingerprint density at radius 1 is 1.11 bits per heavy atom. The van der Waals surface area contributed by atoms with Gasteiger partial charge in [-0.3, -0.25) is 0 Å². The first-order chi connectivity index (χ1) is 12.9. The molecule has 0 amide bonds. The van der Waals surface area contributed by atoms with Crippen LogP contribution in [0, 0.1) is 0 Å². The maximum absolute atomic E-state index is 12.6. The van der Waals surface area contributed by atoms with Gasteiger partial charge < -0.3 is 14.2 Å². The van der Waals surface area contributed by atoms with Gasteiger partial charge in [-0.05, 0) is 42.8 Å². The Morgan fingerprint density at radius 3 is 2.59 bits per heavy atom. The number of fused-ring (bicyclic) bond motifs is 1. The third-order valence-corrected chi connectivity index (χ3v) is 4.60. The Labute approximate surface area is 161 Å². The zero-order valence-electron chi connectivity index (χ0n) is 14.8. The van der Waals surface area contributed by atoms with Crippen molar-refractivity contribution in [1.29, 1.82) is 0 Å². The van der Waals surface area contributed by atoms with Crippen molar-refractivity contribution in [1.82, 2.24) is 0 Å². The molecule has 1 unspecified atom stereocenters. The molecule has 0 radical (unpaired) electrons. The van der Waals surface area contributed by atoms with Crippen LogP contribution in [0.3, 0.4) is 0 Å². The van der Waals surface area contributed by atoms with Gasteiger partial charge in [-0.1, -0.05) is 18.5 Å². The van der Waals surface area contributed by atoms with Crippen LogP contribution < -0.4 is 14.2 Å². The van der Waals surface area contributed by atoms with Crippen molar-refractivity contribution in [2.24, 2.45) is 0 Å². The van der Waals surface area contributed by atoms with E-state index in [2.05, 4.69) is 6.92 Å². The van der Waals surface area contributed by atoms with Gasteiger partial charge >= 0.3 is 6.18 Å². The van der Waals surface area contributed by atoms with Crippen LogP contribution in [0.4, 0.5) is 13.2 Å². The Morgan fingerprint density at radius 2 is 1.89 bits per heavy atom. The summed E-state index contributed by atoms with van der Waals surface area (Å²) in [6.07, 6.45) is -1.76. The zero-order valence-corrected chi connectivity index (χ0v) is 15.6. The fourth-order valence-corrected chi connectivity index (χ4v) is 3.07. The molecule has 1 aliphatic heterocycles. The van der Waals surface area contributed by atoms with E-state index < -0.39 is 11.7 Å². The molecule has 0 spiro atoms. The van der Waals surface area contributed by atoms with Crippen LogP contribution in [0.25, 0.3) is 0 Å². The van der Waals surface area contributed by atoms with Crippen molar-refractivity contribution >= 4 is 11.6 Å². The molecule has 27 heavy (non-hydrogen) atoms. The van der Waals surface area contributed by atoms with E-state index in [1.54, 1.807) is 0 Å². The highest BCUT2D eigenvalue weighted by Gasteiger charge is 2.31. The van der Waals surface area contributed by atoms with E-state index in [0.29, 0.717) is 13.0 Å². The molecule has 0 aromatic heterocycles. The standard InChI is InChI=1S/C20H20ClF3O3/c1-2-15-10-13-11-16(5-7-18(13)27-15)25-8-3-9-26-19-6-4-14(12-17(19)21)20(22,23)24/h4-7,11-12,15H,2-3,8-10H2,1H3. The van der Waals surface area contributed by atoms with Crippen molar-refractivity contribution < 1.29 is 27.4 Å². The van der Waals surface area contributed by atoms with Crippen molar-refractivity contribution in [3.8, 4) is 17.2 Å². The van der Waals surface area contributed by atoms with Gasteiger partial charge in [-0.15, -0.1) is 0 Å². The second-order valence-corrected chi connectivity index (χ2v) is 6.72. The predicted molar refractivity (Wildman–Crippen MR) is 96.9 cm³/mol. The average molecular weight is 401 g/mol. The lowest BCUT2D eigenvalue weighted by atomic mass is 10.1. The molecule has 2 aromatic carbocycles. The predicted octanol–water partition coefficient (Wildman–Crippen LogP) is 5.92. The average Bonchev–Trinajstić information content (AvgIpc) is 3.04. The van der Waals surface area contributed by atoms with E-state index in [1.807, 2.05) is 18.2 Å². The Balaban J connectivity index is 1.44. The van der Waals surface area contributed by atoms with Crippen molar-refractivity contribution in [3.05, 3.63) is 52.5 Å². The Bertz CT molecular complexity index is 793. The number of ether oxygens (including phenoxy) is 3. The summed E-state index contributed by atoms with van der Waals surface area (Å²) in [6, 6.07) is 8.82. The summed E-state index contributed by atoms with van der Waals surface area (Å²) in [5, 5.41) is -0.0603. The molecule has 0 saturated carbocycles. The monoisotopic (exact) mass is 400 g/mol. The second kappa shape index (κ2) is 8.30. The van der Waals surface area contributed by atoms with E-state index in [4.69, 9.17) is 25.8 Å². The number of halogens is 4. The second-order valence-electron chi connectivity index (χ2n) is 6.32. The van der Waals surface area contributed by atoms with Gasteiger partial charge in [-0.2, -0.15) is 13.2 Å². The van der Waals surface area contributed by atoms with E-state index >= 15 is 0 Å². The highest BCUT2D eigenvalue weighted by atomic mass is 35.5. The van der Waals surface area contributed by atoms with Gasteiger partial charge in [0.15, 0.2) is 0 Å². The van der Waals surface area contributed by atoms with Gasteiger partial charge in [0.25, 0.3) is 0 Å². The van der Waals surface area contributed by atoms with Gasteiger partial charge in [0.1, 0.15) is 23.4 Å². The molecule has 3 nitrogen and oxygen atoms in total. The minimum atomic E-state index is -4.42. The molecule has 1 aliphatic rings. The van der Waals surface area contributed by atoms with Gasteiger partial charge in [0.05, 0.1) is 23.8 Å². The van der Waals surface area contributed by atoms with Crippen LogP contribution in [0.5, 0.6) is 17.2 Å². The highest BCUT2D eigenvalue weighted by molar-refractivity contribution is 6.32. The molecule has 1 heterocycles. The smallest absolute Gasteiger partial charge is 0.416 e. The molecule has 146 valence electrons. The fourth-order valence-electron chi connectivity index (χ4n) is 2.84. The molecular formula is C20H20ClF3O3. The lowest BCUT2D eigenvalue weighted by Crippen LogP contribution is -2.10. The molecule has 0 saturated heterocycles. The SMILES string of the molecule is CCC1Cc2cc(OCCCOc3ccc(C(F)(F)F)cc3Cl)ccc2O1. The minimum absolute atomic E-state index is 0.0603. The van der Waals surface area contributed by atoms with Crippen LogP contribution in [-0.4, -0.2) is 19.3 Å². The molecule has 2 aromatic rings. The summed E-state index contributed by atoms with van der Waals surface area (Å²) in [7, 11) is 0. The van der Waals surface area contributed by atoms with Crippen molar-refractivity contribution in [2.45, 2.75) is 38.5 Å². The first-order valence-corrected chi connectivity index (χ1v) is 9.16. The normalized spacial score (nSPS) is 16.0. The van der Waals surface area contributed by atoms with Gasteiger partial charge in [0.2, 0.25) is 0 Å². The molecule has 3 rings (SSSR count). The summed E-state index contributed by atoms with van der Waals surface area (Å²) >= 11 is 5.85. The quantitative estimate of drug-likeness (QED) is 0.540. The summed E-state index contributed by atoms with van der Waals surface area (Å²) in [6.45, 7) is 2.81. The van der Waals surface area contributed by atoms with Crippen molar-refractivity contribution in [2.75, 3.05) is 13.2 Å². The van der Waals surface area contributed by atoms with Crippen molar-refractivity contribution in [3.63, 3.8) is 0 Å². The number of hydrogen-bond acceptors (Lipinski definition) is 3. The van der Waals surface area contributed by atoms with E-state index in [9.17, 15) is 13.2 Å². The molecule has 0 aliphatic carbocycles. The van der Waals surface area contributed by atoms with E-state index in [0.717, 1.165) is 42.0 Å². The van der Waals surface area contributed by atoms with Gasteiger partial charge in [-0.25, -0.2) is 0 Å². The van der Waals surface area contributed by atoms with Crippen LogP contribution in [0.2, 0.25) is 5.02 Å². The summed E-state index contributed by atoms with van der Waals surface area (Å²) in [5.41, 5.74) is 0.348. The maximum Gasteiger partial charge on any atom is 0.416 e. The van der Waals surface area contributed by atoms with E-state index in [1.165, 1.54) is 6.07 Å². The lowest BCUT2D eigenvalue weighted by Gasteiger charge is -2.12. The number of rotatable bonds is 7. The molecule has 0 bridgehead atoms. The number of hydrogen-bond donors (Lipinski definition) is 0. The van der Waals surface area contributed by atoms with Crippen LogP contribution in [0.1, 0.15) is 30.9 Å². The third-order valence-electron chi connectivity index (χ3n) is 4.30. The Kier molecular flexibility index (Phi) is 6.05. The van der Waals surface area contributed by atoms with Crippen LogP contribution >= 0.6 is 11.6 Å². The molecule has 1 atom stereocenters. The zero-order chi connectivity index (χ0) is 19.4. The first kappa shape index (κ1) is 19.7. The maximum atomic E-state index is 12.6. The number of alkyl halides is 3. The fraction of sp³-hybridized carbons (Fsp3) is 0.400. The molecule has 0 fully saturated rings. The summed E-state index contributed by atoms with van der Waals surface area (Å²) in [5.74, 6) is 1.90. The minimum Gasteiger partial charge on any atom is -0.493 e. The van der Waals surface area contributed by atoms with Crippen LogP contribution in [-0.2, 0) is 12.6 Å². The van der Waals surface area contributed by atoms with Crippen LogP contribution in [0.15, 0.2) is 36.4 Å². The summed E-state index contributed by atoms with van der Waals surface area (Å²) in [4.78, 5) is 0. The lowest BCUT2D eigenvalue weighted by molar-refractivity contribution is -0.137. The topological polar surface area (TPSA) is 27.7 Å². The molecular weight excluding hydrogens is 381 g/mol. The highest BCUT2D eigenvalue weighted by Crippen LogP contribution is 2.35. The summed E-state index contributed by atoms with van der Waals surface area (Å²) < 4.78 is 54.8. The molecule has 7 heteroatoms. The third kappa shape index (κ3) is 5.01. The number of benzene rings is 2. The Hall–Kier alpha value is -2.08. The van der Waals surface area contributed by atoms with E-state index in [-0.39, 0.29) is 23.5 Å². The largest absolute Gasteiger partial charge is 0.493 e. The first-order valence-electron chi connectivity index (χ1n) is 8.78. The van der Waals surface area contributed by atoms with Gasteiger partial charge in [0, 0.05) is 18.4 Å².